The van der Waals surface area contributed by atoms with Gasteiger partial charge in [0.25, 0.3) is 0 Å². The molecule has 0 aliphatic carbocycles. The molecule has 1 aliphatic heterocycles. The molecule has 1 heterocycles. The van der Waals surface area contributed by atoms with Crippen LogP contribution in [0.25, 0.3) is 0 Å². The molecule has 0 saturated carbocycles. The molecule has 0 atom stereocenters. The maximum Gasteiger partial charge on any atom is 0.165 e. The van der Waals surface area contributed by atoms with Crippen molar-refractivity contribution in [1.29, 1.82) is 0 Å². The van der Waals surface area contributed by atoms with Crippen LogP contribution in [0.1, 0.15) is 0 Å². The molecule has 54 valence electrons. The van der Waals surface area contributed by atoms with Gasteiger partial charge in [-0.15, -0.1) is 0 Å². The van der Waals surface area contributed by atoms with E-state index in [0.717, 1.165) is 0 Å². The van der Waals surface area contributed by atoms with Crippen LogP contribution in [0.5, 0.6) is 0 Å². The average molecular weight is 170 g/mol. The van der Waals surface area contributed by atoms with Crippen molar-refractivity contribution in [3.05, 3.63) is 0 Å². The molecule has 1 aliphatic rings. The number of hydrogen-bond acceptors (Lipinski definition) is 4. The Morgan fingerprint density at radius 1 is 0.778 bits per heavy atom. The fourth-order valence-corrected chi connectivity index (χ4v) is 5.81. The largest absolute Gasteiger partial charge is 0.228 e. The van der Waals surface area contributed by atoms with Gasteiger partial charge in [-0.1, -0.05) is 0 Å². The molecule has 1 fully saturated rings. The van der Waals surface area contributed by atoms with Gasteiger partial charge in [0.15, 0.2) is 24.8 Å². The van der Waals surface area contributed by atoms with E-state index in [-0.39, 0.29) is 11.5 Å². The Balaban J connectivity index is 3.09. The Morgan fingerprint density at radius 3 is 1.22 bits per heavy atom. The zero-order chi connectivity index (χ0) is 7.12. The van der Waals surface area contributed by atoms with Crippen LogP contribution in [0.4, 0.5) is 0 Å². The van der Waals surface area contributed by atoms with Crippen LogP contribution in [-0.2, 0) is 19.7 Å². The van der Waals surface area contributed by atoms with Gasteiger partial charge in [0, 0.05) is 0 Å². The first-order chi connectivity index (χ1) is 3.91. The fraction of sp³-hybridized carbons (Fsp3) is 1.00. The summed E-state index contributed by atoms with van der Waals surface area (Å²) < 4.78 is 41.9. The van der Waals surface area contributed by atoms with Crippen molar-refractivity contribution in [2.75, 3.05) is 16.6 Å². The van der Waals surface area contributed by atoms with Crippen molar-refractivity contribution in [1.82, 2.24) is 0 Å². The van der Waals surface area contributed by atoms with Crippen molar-refractivity contribution in [3.63, 3.8) is 0 Å². The standard InChI is InChI=1S/C3H6O4S2/c4-8(5)1-2-9(6,7)3-8/h1-3H2. The van der Waals surface area contributed by atoms with Crippen LogP contribution in [0, 0.1) is 0 Å². The lowest BCUT2D eigenvalue weighted by atomic mass is 11.0. The van der Waals surface area contributed by atoms with Gasteiger partial charge in [-0.2, -0.15) is 0 Å². The van der Waals surface area contributed by atoms with E-state index in [4.69, 9.17) is 0 Å². The minimum absolute atomic E-state index is 0.199. The molecular formula is C3H6O4S2. The molecule has 0 aromatic carbocycles. The summed E-state index contributed by atoms with van der Waals surface area (Å²) in [5, 5.41) is -0.653. The first-order valence-electron chi connectivity index (χ1n) is 2.32. The third-order valence-electron chi connectivity index (χ3n) is 1.06. The summed E-state index contributed by atoms with van der Waals surface area (Å²) in [6.07, 6.45) is 0. The van der Waals surface area contributed by atoms with Gasteiger partial charge < -0.3 is 0 Å². The van der Waals surface area contributed by atoms with Gasteiger partial charge in [-0.05, 0) is 0 Å². The summed E-state index contributed by atoms with van der Waals surface area (Å²) in [6, 6.07) is 0. The fourth-order valence-electron chi connectivity index (χ4n) is 0.645. The van der Waals surface area contributed by atoms with E-state index in [1.165, 1.54) is 0 Å². The van der Waals surface area contributed by atoms with E-state index in [0.29, 0.717) is 0 Å². The molecule has 6 heteroatoms. The summed E-state index contributed by atoms with van der Waals surface area (Å²) >= 11 is 0. The first kappa shape index (κ1) is 7.01. The second kappa shape index (κ2) is 1.69. The predicted octanol–water partition coefficient (Wildman–Crippen LogP) is -1.21. The number of rotatable bonds is 0. The Labute approximate surface area is 53.7 Å². The van der Waals surface area contributed by atoms with E-state index in [1.54, 1.807) is 0 Å². The maximum atomic E-state index is 10.5. The third kappa shape index (κ3) is 1.65. The van der Waals surface area contributed by atoms with Crippen molar-refractivity contribution in [2.24, 2.45) is 0 Å². The smallest absolute Gasteiger partial charge is 0.165 e. The topological polar surface area (TPSA) is 68.3 Å². The Kier molecular flexibility index (Phi) is 1.32. The summed E-state index contributed by atoms with van der Waals surface area (Å²) in [7, 11) is -6.48. The summed E-state index contributed by atoms with van der Waals surface area (Å²) in [6.45, 7) is 0. The highest BCUT2D eigenvalue weighted by atomic mass is 32.3. The second-order valence-electron chi connectivity index (χ2n) is 2.01. The molecule has 0 unspecified atom stereocenters. The van der Waals surface area contributed by atoms with E-state index < -0.39 is 24.8 Å². The zero-order valence-corrected chi connectivity index (χ0v) is 6.20. The third-order valence-corrected chi connectivity index (χ3v) is 5.85. The van der Waals surface area contributed by atoms with Gasteiger partial charge in [0.05, 0.1) is 11.5 Å². The van der Waals surface area contributed by atoms with Gasteiger partial charge in [0.1, 0.15) is 0 Å². The molecule has 0 spiro atoms. The maximum absolute atomic E-state index is 10.5. The lowest BCUT2D eigenvalue weighted by molar-refractivity contribution is 0.600. The molecule has 1 saturated heterocycles. The Morgan fingerprint density at radius 2 is 1.11 bits per heavy atom. The van der Waals surface area contributed by atoms with Crippen molar-refractivity contribution in [3.8, 4) is 0 Å². The molecule has 0 radical (unpaired) electrons. The summed E-state index contributed by atoms with van der Waals surface area (Å²) in [5.74, 6) is -0.398. The molecule has 0 bridgehead atoms. The minimum Gasteiger partial charge on any atom is -0.228 e. The van der Waals surface area contributed by atoms with Gasteiger partial charge in [-0.3, -0.25) is 0 Å². The SMILES string of the molecule is O=S1(=O)CCS(=O)(=O)C1. The molecule has 0 aromatic heterocycles. The average Bonchev–Trinajstić information content (AvgIpc) is 1.78. The molecule has 1 rings (SSSR count). The normalized spacial score (nSPS) is 30.2. The number of sulfone groups is 2. The molecule has 4 nitrogen and oxygen atoms in total. The minimum atomic E-state index is -3.24. The summed E-state index contributed by atoms with van der Waals surface area (Å²) in [5.41, 5.74) is 0. The highest BCUT2D eigenvalue weighted by Crippen LogP contribution is 2.08. The Bertz CT molecular complexity index is 263. The summed E-state index contributed by atoms with van der Waals surface area (Å²) in [4.78, 5) is 0. The lowest BCUT2D eigenvalue weighted by Gasteiger charge is -1.82. The van der Waals surface area contributed by atoms with E-state index >= 15 is 0 Å². The van der Waals surface area contributed by atoms with E-state index in [2.05, 4.69) is 0 Å². The Hall–Kier alpha value is -0.100. The second-order valence-corrected chi connectivity index (χ2v) is 6.75. The van der Waals surface area contributed by atoms with Gasteiger partial charge >= 0.3 is 0 Å². The van der Waals surface area contributed by atoms with Crippen molar-refractivity contribution >= 4 is 19.7 Å². The number of hydrogen-bond donors (Lipinski definition) is 0. The zero-order valence-electron chi connectivity index (χ0n) is 4.57. The highest BCUT2D eigenvalue weighted by Gasteiger charge is 2.30. The molecule has 0 N–H and O–H groups in total. The van der Waals surface area contributed by atoms with Gasteiger partial charge in [0.2, 0.25) is 0 Å². The predicted molar refractivity (Wildman–Crippen MR) is 32.4 cm³/mol. The van der Waals surface area contributed by atoms with Crippen molar-refractivity contribution in [2.45, 2.75) is 0 Å². The van der Waals surface area contributed by atoms with Crippen LogP contribution >= 0.6 is 0 Å². The molecular weight excluding hydrogens is 164 g/mol. The highest BCUT2D eigenvalue weighted by molar-refractivity contribution is 8.11. The molecule has 0 aromatic rings. The van der Waals surface area contributed by atoms with Crippen molar-refractivity contribution < 1.29 is 16.8 Å². The molecule has 0 amide bonds. The van der Waals surface area contributed by atoms with E-state index in [9.17, 15) is 16.8 Å². The van der Waals surface area contributed by atoms with Crippen LogP contribution in [0.3, 0.4) is 0 Å². The quantitative estimate of drug-likeness (QED) is 0.457. The molecule has 9 heavy (non-hydrogen) atoms. The van der Waals surface area contributed by atoms with Crippen LogP contribution in [0.2, 0.25) is 0 Å². The van der Waals surface area contributed by atoms with Crippen LogP contribution in [-0.4, -0.2) is 33.4 Å². The lowest BCUT2D eigenvalue weighted by Crippen LogP contribution is -2.03. The monoisotopic (exact) mass is 170 g/mol. The van der Waals surface area contributed by atoms with Gasteiger partial charge in [-0.25, -0.2) is 16.8 Å². The van der Waals surface area contributed by atoms with Crippen LogP contribution in [0.15, 0.2) is 0 Å². The van der Waals surface area contributed by atoms with E-state index in [1.807, 2.05) is 0 Å². The first-order valence-corrected chi connectivity index (χ1v) is 5.96. The van der Waals surface area contributed by atoms with Crippen LogP contribution < -0.4 is 0 Å².